The molecule has 1 aromatic carbocycles. The maximum Gasteiger partial charge on any atom is 0.292 e. The van der Waals surface area contributed by atoms with Gasteiger partial charge in [-0.1, -0.05) is 17.7 Å². The van der Waals surface area contributed by atoms with E-state index in [0.29, 0.717) is 16.1 Å². The van der Waals surface area contributed by atoms with Gasteiger partial charge >= 0.3 is 0 Å². The monoisotopic (exact) mass is 398 g/mol. The molecule has 10 heteroatoms. The van der Waals surface area contributed by atoms with Crippen LogP contribution in [0.15, 0.2) is 57.9 Å². The van der Waals surface area contributed by atoms with Crippen LogP contribution in [0.2, 0.25) is 5.02 Å². The van der Waals surface area contributed by atoms with Crippen molar-refractivity contribution in [2.45, 2.75) is 0 Å². The molecular formula is C17H11ClN6O2S. The lowest BCUT2D eigenvalue weighted by Gasteiger charge is -2.04. The topological polar surface area (TPSA) is 105 Å². The summed E-state index contributed by atoms with van der Waals surface area (Å²) >= 11 is 7.39. The highest BCUT2D eigenvalue weighted by molar-refractivity contribution is 7.11. The standard InChI is InChI=1S/C17H11ClN6O2S/c18-10-3-5-11(6-4-10)24-15-13(9-20-24)14(21-23-17(15)26)16(25)22-19-8-12-2-1-7-27-12/h1-9H,(H,22,25)(H,23,26)/b19-8+. The number of halogens is 1. The molecule has 4 rings (SSSR count). The Hall–Kier alpha value is -3.30. The molecule has 27 heavy (non-hydrogen) atoms. The van der Waals surface area contributed by atoms with E-state index in [1.807, 2.05) is 17.5 Å². The van der Waals surface area contributed by atoms with Gasteiger partial charge in [0.15, 0.2) is 5.69 Å². The summed E-state index contributed by atoms with van der Waals surface area (Å²) in [4.78, 5) is 25.6. The fraction of sp³-hybridized carbons (Fsp3) is 0. The number of benzene rings is 1. The van der Waals surface area contributed by atoms with Crippen molar-refractivity contribution < 1.29 is 4.79 Å². The third-order valence-corrected chi connectivity index (χ3v) is 4.75. The maximum atomic E-state index is 12.4. The van der Waals surface area contributed by atoms with Gasteiger partial charge in [-0.3, -0.25) is 9.59 Å². The van der Waals surface area contributed by atoms with Crippen molar-refractivity contribution in [1.82, 2.24) is 25.4 Å². The zero-order valence-electron chi connectivity index (χ0n) is 13.6. The molecule has 0 saturated carbocycles. The second-order valence-electron chi connectivity index (χ2n) is 5.41. The maximum absolute atomic E-state index is 12.4. The first-order valence-electron chi connectivity index (χ1n) is 7.73. The number of hydrogen-bond acceptors (Lipinski definition) is 6. The molecule has 0 radical (unpaired) electrons. The molecule has 0 bridgehead atoms. The summed E-state index contributed by atoms with van der Waals surface area (Å²) in [5.41, 5.74) is 2.80. The fourth-order valence-electron chi connectivity index (χ4n) is 2.48. The number of aromatic amines is 1. The molecule has 0 aliphatic carbocycles. The Labute approximate surface area is 161 Å². The van der Waals surface area contributed by atoms with E-state index < -0.39 is 11.5 Å². The molecule has 3 aromatic heterocycles. The van der Waals surface area contributed by atoms with Gasteiger partial charge in [0.2, 0.25) is 0 Å². The number of nitrogens with one attached hydrogen (secondary N) is 2. The Balaban J connectivity index is 1.70. The Morgan fingerprint density at radius 2 is 2.11 bits per heavy atom. The number of thiophene rings is 1. The van der Waals surface area contributed by atoms with Gasteiger partial charge in [0.25, 0.3) is 11.5 Å². The Morgan fingerprint density at radius 1 is 1.30 bits per heavy atom. The van der Waals surface area contributed by atoms with Crippen LogP contribution in [-0.4, -0.2) is 32.1 Å². The minimum absolute atomic E-state index is 0.0214. The number of hydrazone groups is 1. The largest absolute Gasteiger partial charge is 0.292 e. The summed E-state index contributed by atoms with van der Waals surface area (Å²) < 4.78 is 1.43. The van der Waals surface area contributed by atoms with E-state index in [1.165, 1.54) is 28.4 Å². The van der Waals surface area contributed by atoms with Crippen LogP contribution in [0.1, 0.15) is 15.4 Å². The van der Waals surface area contributed by atoms with Crippen LogP contribution in [0.5, 0.6) is 0 Å². The summed E-state index contributed by atoms with van der Waals surface area (Å²) in [6, 6.07) is 10.6. The summed E-state index contributed by atoms with van der Waals surface area (Å²) in [6.07, 6.45) is 2.95. The molecule has 0 spiro atoms. The molecule has 0 fully saturated rings. The van der Waals surface area contributed by atoms with E-state index in [9.17, 15) is 9.59 Å². The van der Waals surface area contributed by atoms with E-state index in [-0.39, 0.29) is 11.2 Å². The van der Waals surface area contributed by atoms with Crippen molar-refractivity contribution in [3.8, 4) is 5.69 Å². The quantitative estimate of drug-likeness (QED) is 0.407. The summed E-state index contributed by atoms with van der Waals surface area (Å²) in [5, 5.41) is 17.1. The number of aromatic nitrogens is 4. The minimum atomic E-state index is -0.556. The number of carbonyl (C=O) groups excluding carboxylic acids is 1. The first-order chi connectivity index (χ1) is 13.1. The van der Waals surface area contributed by atoms with Crippen molar-refractivity contribution in [3.05, 3.63) is 73.9 Å². The van der Waals surface area contributed by atoms with Crippen molar-refractivity contribution >= 4 is 46.0 Å². The molecule has 0 aliphatic heterocycles. The number of fused-ring (bicyclic) bond motifs is 1. The third kappa shape index (κ3) is 3.37. The zero-order chi connectivity index (χ0) is 18.8. The van der Waals surface area contributed by atoms with Crippen LogP contribution in [0, 0.1) is 0 Å². The molecule has 4 aromatic rings. The highest BCUT2D eigenvalue weighted by Gasteiger charge is 2.18. The number of hydrogen-bond donors (Lipinski definition) is 2. The molecule has 0 unspecified atom stereocenters. The number of rotatable bonds is 4. The van der Waals surface area contributed by atoms with Crippen LogP contribution in [0.3, 0.4) is 0 Å². The van der Waals surface area contributed by atoms with E-state index in [0.717, 1.165) is 4.88 Å². The Bertz CT molecular complexity index is 1190. The van der Waals surface area contributed by atoms with Gasteiger partial charge in [-0.2, -0.15) is 15.3 Å². The van der Waals surface area contributed by atoms with E-state index in [4.69, 9.17) is 11.6 Å². The van der Waals surface area contributed by atoms with Gasteiger partial charge < -0.3 is 0 Å². The lowest BCUT2D eigenvalue weighted by molar-refractivity contribution is 0.0951. The van der Waals surface area contributed by atoms with Crippen molar-refractivity contribution in [2.24, 2.45) is 5.10 Å². The van der Waals surface area contributed by atoms with Crippen LogP contribution in [0.25, 0.3) is 16.6 Å². The van der Waals surface area contributed by atoms with Crippen molar-refractivity contribution in [1.29, 1.82) is 0 Å². The van der Waals surface area contributed by atoms with Crippen molar-refractivity contribution in [3.63, 3.8) is 0 Å². The Morgan fingerprint density at radius 3 is 2.85 bits per heavy atom. The molecule has 2 N–H and O–H groups in total. The zero-order valence-corrected chi connectivity index (χ0v) is 15.2. The number of carbonyl (C=O) groups is 1. The lowest BCUT2D eigenvalue weighted by Crippen LogP contribution is -2.23. The normalized spacial score (nSPS) is 11.3. The highest BCUT2D eigenvalue weighted by atomic mass is 35.5. The molecule has 134 valence electrons. The third-order valence-electron chi connectivity index (χ3n) is 3.70. The fourth-order valence-corrected chi connectivity index (χ4v) is 3.19. The molecule has 0 atom stereocenters. The summed E-state index contributed by atoms with van der Waals surface area (Å²) in [5.74, 6) is -0.556. The summed E-state index contributed by atoms with van der Waals surface area (Å²) in [7, 11) is 0. The predicted molar refractivity (Wildman–Crippen MR) is 104 cm³/mol. The minimum Gasteiger partial charge on any atom is -0.266 e. The lowest BCUT2D eigenvalue weighted by atomic mass is 10.2. The molecule has 3 heterocycles. The van der Waals surface area contributed by atoms with Crippen molar-refractivity contribution in [2.75, 3.05) is 0 Å². The van der Waals surface area contributed by atoms with E-state index in [1.54, 1.807) is 24.3 Å². The molecular weight excluding hydrogens is 388 g/mol. The van der Waals surface area contributed by atoms with Crippen LogP contribution in [0.4, 0.5) is 0 Å². The number of amides is 1. The first-order valence-corrected chi connectivity index (χ1v) is 8.98. The Kier molecular flexibility index (Phi) is 4.53. The van der Waals surface area contributed by atoms with Gasteiger partial charge in [-0.05, 0) is 35.7 Å². The second kappa shape index (κ2) is 7.14. The molecule has 1 amide bonds. The molecule has 8 nitrogen and oxygen atoms in total. The molecule has 0 saturated heterocycles. The van der Waals surface area contributed by atoms with Gasteiger partial charge in [-0.25, -0.2) is 15.2 Å². The van der Waals surface area contributed by atoms with E-state index in [2.05, 4.69) is 25.8 Å². The van der Waals surface area contributed by atoms with E-state index >= 15 is 0 Å². The van der Waals surface area contributed by atoms with Gasteiger partial charge in [0.05, 0.1) is 23.5 Å². The average molecular weight is 399 g/mol. The first kappa shape index (κ1) is 17.1. The van der Waals surface area contributed by atoms with Gasteiger partial charge in [0, 0.05) is 9.90 Å². The number of H-pyrrole nitrogens is 1. The second-order valence-corrected chi connectivity index (χ2v) is 6.83. The predicted octanol–water partition coefficient (Wildman–Crippen LogP) is 2.59. The number of nitrogens with zero attached hydrogens (tertiary/aromatic N) is 4. The van der Waals surface area contributed by atoms with Crippen LogP contribution in [-0.2, 0) is 0 Å². The average Bonchev–Trinajstić information content (AvgIpc) is 3.33. The highest BCUT2D eigenvalue weighted by Crippen LogP contribution is 2.19. The molecule has 0 aliphatic rings. The van der Waals surface area contributed by atoms with Gasteiger partial charge in [-0.15, -0.1) is 11.3 Å². The van der Waals surface area contributed by atoms with Crippen LogP contribution < -0.4 is 11.0 Å². The SMILES string of the molecule is O=C(N/N=C/c1cccs1)c1n[nH]c(=O)c2c1cnn2-c1ccc(Cl)cc1. The summed E-state index contributed by atoms with van der Waals surface area (Å²) in [6.45, 7) is 0. The van der Waals surface area contributed by atoms with Gasteiger partial charge in [0.1, 0.15) is 5.52 Å². The van der Waals surface area contributed by atoms with Crippen LogP contribution >= 0.6 is 22.9 Å². The smallest absolute Gasteiger partial charge is 0.266 e.